The number of ketones is 1. The largest absolute Gasteiger partial charge is 0.495 e. The topological polar surface area (TPSA) is 78.8 Å². The first-order valence-electron chi connectivity index (χ1n) is 15.9. The summed E-state index contributed by atoms with van der Waals surface area (Å²) in [5, 5.41) is 17.5. The summed E-state index contributed by atoms with van der Waals surface area (Å²) in [4.78, 5) is 15.5. The second-order valence-electron chi connectivity index (χ2n) is 12.3. The number of rotatable bonds is 8. The van der Waals surface area contributed by atoms with Crippen molar-refractivity contribution in [1.82, 2.24) is 9.47 Å². The van der Waals surface area contributed by atoms with Crippen LogP contribution in [0.15, 0.2) is 42.5 Å². The molecule has 2 aromatic carbocycles. The molecule has 2 aliphatic rings. The van der Waals surface area contributed by atoms with Crippen molar-refractivity contribution in [2.45, 2.75) is 76.2 Å². The average Bonchev–Trinajstić information content (AvgIpc) is 3.34. The van der Waals surface area contributed by atoms with Crippen LogP contribution in [0.5, 0.6) is 5.75 Å². The second kappa shape index (κ2) is 14.6. The number of likely N-dealkylation sites (tertiary alicyclic amines) is 1. The SMILES string of the molecule is COc1cc(C(=O)C2CCCCC(O)CC2)ccc1NCC#Cc1cc2c(NC3CCN(C)CC3)cccc2n1CC(F)(F)F. The van der Waals surface area contributed by atoms with E-state index in [9.17, 15) is 23.1 Å². The monoisotopic (exact) mass is 624 g/mol. The van der Waals surface area contributed by atoms with Crippen LogP contribution in [0.2, 0.25) is 0 Å². The number of nitrogens with one attached hydrogen (secondary N) is 2. The number of ether oxygens (including phenoxy) is 1. The summed E-state index contributed by atoms with van der Waals surface area (Å²) < 4.78 is 47.7. The van der Waals surface area contributed by atoms with Crippen molar-refractivity contribution in [1.29, 1.82) is 0 Å². The van der Waals surface area contributed by atoms with Crippen LogP contribution in [-0.2, 0) is 6.54 Å². The lowest BCUT2D eigenvalue weighted by atomic mass is 9.85. The number of carbonyl (C=O) groups is 1. The summed E-state index contributed by atoms with van der Waals surface area (Å²) in [5.74, 6) is 6.35. The molecule has 7 nitrogen and oxygen atoms in total. The number of benzene rings is 2. The van der Waals surface area contributed by atoms with Gasteiger partial charge in [-0.1, -0.05) is 24.8 Å². The minimum Gasteiger partial charge on any atom is -0.495 e. The van der Waals surface area contributed by atoms with Crippen LogP contribution in [0, 0.1) is 17.8 Å². The van der Waals surface area contributed by atoms with Crippen molar-refractivity contribution in [3.05, 3.63) is 53.7 Å². The van der Waals surface area contributed by atoms with Gasteiger partial charge in [0.2, 0.25) is 0 Å². The number of fused-ring (bicyclic) bond motifs is 1. The van der Waals surface area contributed by atoms with Crippen LogP contribution in [0.3, 0.4) is 0 Å². The Kier molecular flexibility index (Phi) is 10.6. The Hall–Kier alpha value is -3.68. The number of anilines is 2. The van der Waals surface area contributed by atoms with Gasteiger partial charge in [0.05, 0.1) is 36.7 Å². The molecule has 2 unspecified atom stereocenters. The van der Waals surface area contributed by atoms with Crippen LogP contribution in [0.25, 0.3) is 10.9 Å². The molecule has 1 aliphatic heterocycles. The maximum absolute atomic E-state index is 13.6. The van der Waals surface area contributed by atoms with Gasteiger partial charge in [0.15, 0.2) is 5.78 Å². The zero-order valence-electron chi connectivity index (χ0n) is 26.1. The number of hydrogen-bond donors (Lipinski definition) is 3. The molecule has 2 heterocycles. The number of carbonyl (C=O) groups excluding carboxylic acids is 1. The third-order valence-electron chi connectivity index (χ3n) is 8.99. The van der Waals surface area contributed by atoms with Crippen LogP contribution >= 0.6 is 0 Å². The summed E-state index contributed by atoms with van der Waals surface area (Å²) in [5.41, 5.74) is 2.79. The van der Waals surface area contributed by atoms with Crippen molar-refractivity contribution < 1.29 is 27.8 Å². The maximum atomic E-state index is 13.6. The summed E-state index contributed by atoms with van der Waals surface area (Å²) in [7, 11) is 3.62. The fourth-order valence-corrected chi connectivity index (χ4v) is 6.45. The Balaban J connectivity index is 1.31. The molecule has 2 atom stereocenters. The number of nitrogens with zero attached hydrogens (tertiary/aromatic N) is 2. The molecule has 5 rings (SSSR count). The number of hydrogen-bond acceptors (Lipinski definition) is 6. The zero-order valence-corrected chi connectivity index (χ0v) is 26.1. The number of halogens is 3. The first kappa shape index (κ1) is 32.7. The van der Waals surface area contributed by atoms with Gasteiger partial charge in [-0.3, -0.25) is 4.79 Å². The van der Waals surface area contributed by atoms with Gasteiger partial charge in [0, 0.05) is 28.6 Å². The van der Waals surface area contributed by atoms with E-state index in [1.165, 1.54) is 11.7 Å². The van der Waals surface area contributed by atoms with Gasteiger partial charge in [-0.2, -0.15) is 13.2 Å². The number of aliphatic hydroxyl groups excluding tert-OH is 1. The molecule has 0 amide bonds. The molecule has 1 saturated carbocycles. The molecule has 10 heteroatoms. The van der Waals surface area contributed by atoms with E-state index in [-0.39, 0.29) is 30.4 Å². The van der Waals surface area contributed by atoms with E-state index in [0.717, 1.165) is 62.7 Å². The first-order valence-corrected chi connectivity index (χ1v) is 15.9. The number of aliphatic hydroxyl groups is 1. The number of aromatic nitrogens is 1. The summed E-state index contributed by atoms with van der Waals surface area (Å²) in [6.45, 7) is 0.983. The molecular formula is C35H43F3N4O3. The first-order chi connectivity index (χ1) is 21.6. The molecule has 1 aromatic heterocycles. The van der Waals surface area contributed by atoms with E-state index in [1.807, 2.05) is 6.07 Å². The van der Waals surface area contributed by atoms with Crippen LogP contribution in [-0.4, -0.2) is 72.5 Å². The molecule has 1 aliphatic carbocycles. The number of Topliss-reactive ketones (excluding diaryl/α,β-unsaturated/α-hetero) is 1. The van der Waals surface area contributed by atoms with E-state index in [2.05, 4.69) is 34.4 Å². The molecule has 45 heavy (non-hydrogen) atoms. The lowest BCUT2D eigenvalue weighted by molar-refractivity contribution is -0.140. The maximum Gasteiger partial charge on any atom is 0.406 e. The standard InChI is InChI=1S/C35H43F3N4O3/c1-41-19-16-26(17-20-41)40-30-10-5-11-32-29(30)22-27(42(32)23-35(36,37)38)8-6-18-39-31-15-13-25(21-33(31)45-2)34(44)24-7-3-4-9-28(43)14-12-24/h5,10-11,13,15,21-22,24,26,28,39-40,43H,3-4,7,9,12,14,16-20,23H2,1-2H3. The summed E-state index contributed by atoms with van der Waals surface area (Å²) in [6.07, 6.45) is 1.93. The minimum atomic E-state index is -4.40. The third-order valence-corrected chi connectivity index (χ3v) is 8.99. The highest BCUT2D eigenvalue weighted by Crippen LogP contribution is 2.32. The lowest BCUT2D eigenvalue weighted by Crippen LogP contribution is -2.36. The molecule has 2 fully saturated rings. The van der Waals surface area contributed by atoms with Crippen LogP contribution < -0.4 is 15.4 Å². The zero-order chi connectivity index (χ0) is 32.0. The number of methoxy groups -OCH3 is 1. The van der Waals surface area contributed by atoms with Gasteiger partial charge in [0.1, 0.15) is 12.3 Å². The molecular weight excluding hydrogens is 581 g/mol. The average molecular weight is 625 g/mol. The van der Waals surface area contributed by atoms with Gasteiger partial charge >= 0.3 is 6.18 Å². The van der Waals surface area contributed by atoms with Crippen molar-refractivity contribution >= 4 is 28.1 Å². The molecule has 0 bridgehead atoms. The Morgan fingerprint density at radius 2 is 1.80 bits per heavy atom. The highest BCUT2D eigenvalue weighted by Gasteiger charge is 2.30. The van der Waals surface area contributed by atoms with E-state index < -0.39 is 12.7 Å². The molecule has 242 valence electrons. The van der Waals surface area contributed by atoms with Gasteiger partial charge in [0.25, 0.3) is 0 Å². The van der Waals surface area contributed by atoms with E-state index >= 15 is 0 Å². The molecule has 3 N–H and O–H groups in total. The number of piperidine rings is 1. The van der Waals surface area contributed by atoms with Crippen molar-refractivity contribution in [2.75, 3.05) is 44.4 Å². The fourth-order valence-electron chi connectivity index (χ4n) is 6.45. The van der Waals surface area contributed by atoms with Crippen molar-refractivity contribution in [3.63, 3.8) is 0 Å². The Morgan fingerprint density at radius 3 is 2.56 bits per heavy atom. The molecule has 1 saturated heterocycles. The van der Waals surface area contributed by atoms with Gasteiger partial charge in [-0.15, -0.1) is 0 Å². The predicted octanol–water partition coefficient (Wildman–Crippen LogP) is 6.70. The Labute approximate surface area is 263 Å². The summed E-state index contributed by atoms with van der Waals surface area (Å²) >= 11 is 0. The van der Waals surface area contributed by atoms with Gasteiger partial charge in [-0.25, -0.2) is 0 Å². The van der Waals surface area contributed by atoms with E-state index in [4.69, 9.17) is 4.74 Å². The smallest absolute Gasteiger partial charge is 0.406 e. The highest BCUT2D eigenvalue weighted by molar-refractivity contribution is 5.99. The minimum absolute atomic E-state index is 0.0518. The molecule has 0 radical (unpaired) electrons. The van der Waals surface area contributed by atoms with Gasteiger partial charge in [-0.05, 0) is 101 Å². The number of alkyl halides is 3. The summed E-state index contributed by atoms with van der Waals surface area (Å²) in [6, 6.07) is 12.6. The van der Waals surface area contributed by atoms with Gasteiger partial charge < -0.3 is 29.9 Å². The van der Waals surface area contributed by atoms with Crippen LogP contribution in [0.4, 0.5) is 24.5 Å². The predicted molar refractivity (Wildman–Crippen MR) is 172 cm³/mol. The molecule has 3 aromatic rings. The van der Waals surface area contributed by atoms with Crippen molar-refractivity contribution in [3.8, 4) is 17.6 Å². The Morgan fingerprint density at radius 1 is 1.02 bits per heavy atom. The highest BCUT2D eigenvalue weighted by atomic mass is 19.4. The quantitative estimate of drug-likeness (QED) is 0.191. The molecule has 0 spiro atoms. The van der Waals surface area contributed by atoms with E-state index in [0.29, 0.717) is 41.1 Å². The van der Waals surface area contributed by atoms with Crippen LogP contribution in [0.1, 0.15) is 67.4 Å². The Bertz CT molecular complexity index is 1530. The normalized spacial score (nSPS) is 20.1. The second-order valence-corrected chi connectivity index (χ2v) is 12.3. The van der Waals surface area contributed by atoms with E-state index in [1.54, 1.807) is 36.4 Å². The third kappa shape index (κ3) is 8.53. The van der Waals surface area contributed by atoms with Crippen molar-refractivity contribution in [2.24, 2.45) is 5.92 Å². The fraction of sp³-hybridized carbons (Fsp3) is 0.514. The lowest BCUT2D eigenvalue weighted by Gasteiger charge is -2.30.